The molecule has 0 amide bonds. The zero-order chi connectivity index (χ0) is 41.0. The summed E-state index contributed by atoms with van der Waals surface area (Å²) in [6.45, 7) is 15.4. The van der Waals surface area contributed by atoms with E-state index in [1.165, 1.54) is 5.57 Å². The molecule has 7 aliphatic rings. The minimum Gasteiger partial charge on any atom is -0.469 e. The molecular weight excluding hydrogens is 724 g/mol. The lowest BCUT2D eigenvalue weighted by Gasteiger charge is -2.71. The average Bonchev–Trinajstić information content (AvgIpc) is 3.15. The molecule has 13 nitrogen and oxygen atoms in total. The van der Waals surface area contributed by atoms with Gasteiger partial charge in [0.1, 0.15) is 48.8 Å². The van der Waals surface area contributed by atoms with Gasteiger partial charge in [-0.1, -0.05) is 60.1 Å². The second kappa shape index (κ2) is 14.7. The van der Waals surface area contributed by atoms with E-state index in [1.54, 1.807) is 7.11 Å². The molecule has 2 aliphatic heterocycles. The van der Waals surface area contributed by atoms with E-state index in [0.29, 0.717) is 12.3 Å². The van der Waals surface area contributed by atoms with Gasteiger partial charge in [-0.25, -0.2) is 0 Å². The van der Waals surface area contributed by atoms with Crippen molar-refractivity contribution in [3.8, 4) is 0 Å². The summed E-state index contributed by atoms with van der Waals surface area (Å²) in [6.07, 6.45) is -3.59. The standard InChI is InChI=1S/C43H70O13/c1-38(2)15-17-43(37(51)52-8)18-16-41(6)22(23(43)19-38)9-10-27-40(5)13-12-28(39(3,4)26(40)11-14-42(27,41)7)55-36-34(32(49)30(47)25(21-45)54-36)56-35-33(50)31(48)29(46)24(20-44)53-35/h9,23-36,44-50H,10-21H2,1-8H3/t23-,24+,25+,26-,27+,28-,29+,30+,31-,32-,33+,34+,35-,36-,40-,41+,42+,43-/m0/s1. The Morgan fingerprint density at radius 1 is 0.732 bits per heavy atom. The van der Waals surface area contributed by atoms with Crippen LogP contribution in [0.4, 0.5) is 0 Å². The Bertz CT molecular complexity index is 1500. The molecule has 6 fully saturated rings. The fourth-order valence-electron chi connectivity index (χ4n) is 13.8. The summed E-state index contributed by atoms with van der Waals surface area (Å²) in [5.74, 6) is 0.786. The lowest BCUT2D eigenvalue weighted by molar-refractivity contribution is -0.378. The predicted molar refractivity (Wildman–Crippen MR) is 202 cm³/mol. The predicted octanol–water partition coefficient (Wildman–Crippen LogP) is 2.97. The van der Waals surface area contributed by atoms with Gasteiger partial charge < -0.3 is 59.4 Å². The summed E-state index contributed by atoms with van der Waals surface area (Å²) in [7, 11) is 1.54. The molecule has 0 aromatic rings. The van der Waals surface area contributed by atoms with Gasteiger partial charge in [0.15, 0.2) is 12.6 Å². The normalized spacial score (nSPS) is 52.4. The van der Waals surface area contributed by atoms with Crippen LogP contribution in [0, 0.1) is 50.2 Å². The lowest BCUT2D eigenvalue weighted by Crippen LogP contribution is -2.67. The Labute approximate surface area is 332 Å². The zero-order valence-corrected chi connectivity index (χ0v) is 34.7. The molecule has 0 radical (unpaired) electrons. The third kappa shape index (κ3) is 6.31. The van der Waals surface area contributed by atoms with E-state index in [2.05, 4.69) is 54.5 Å². The van der Waals surface area contributed by atoms with Crippen molar-refractivity contribution >= 4 is 5.97 Å². The Kier molecular flexibility index (Phi) is 11.3. The molecular formula is C43H70O13. The molecule has 4 saturated carbocycles. The molecule has 7 rings (SSSR count). The van der Waals surface area contributed by atoms with Crippen molar-refractivity contribution in [2.75, 3.05) is 20.3 Å². The first-order valence-electron chi connectivity index (χ1n) is 21.2. The van der Waals surface area contributed by atoms with Crippen molar-refractivity contribution in [2.24, 2.45) is 50.2 Å². The highest BCUT2D eigenvalue weighted by molar-refractivity contribution is 5.78. The smallest absolute Gasteiger partial charge is 0.312 e. The van der Waals surface area contributed by atoms with Crippen molar-refractivity contribution < 1.29 is 64.2 Å². The molecule has 0 aromatic carbocycles. The number of fused-ring (bicyclic) bond motifs is 7. The molecule has 5 aliphatic carbocycles. The molecule has 2 heterocycles. The van der Waals surface area contributed by atoms with Crippen LogP contribution >= 0.6 is 0 Å². The zero-order valence-electron chi connectivity index (χ0n) is 34.7. The number of methoxy groups -OCH3 is 1. The van der Waals surface area contributed by atoms with E-state index in [1.807, 2.05) is 0 Å². The number of hydrogen-bond donors (Lipinski definition) is 7. The summed E-state index contributed by atoms with van der Waals surface area (Å²) < 4.78 is 30.0. The van der Waals surface area contributed by atoms with E-state index >= 15 is 0 Å². The number of ether oxygens (including phenoxy) is 5. The van der Waals surface area contributed by atoms with Crippen LogP contribution in [0.1, 0.15) is 113 Å². The van der Waals surface area contributed by atoms with Crippen LogP contribution in [0.5, 0.6) is 0 Å². The second-order valence-corrected chi connectivity index (χ2v) is 20.9. The third-order valence-corrected chi connectivity index (χ3v) is 17.4. The fraction of sp³-hybridized carbons (Fsp3) is 0.930. The second-order valence-electron chi connectivity index (χ2n) is 20.9. The minimum absolute atomic E-state index is 0.0153. The molecule has 0 bridgehead atoms. The van der Waals surface area contributed by atoms with Crippen LogP contribution < -0.4 is 0 Å². The summed E-state index contributed by atoms with van der Waals surface area (Å²) in [6, 6.07) is 0. The molecule has 7 N–H and O–H groups in total. The van der Waals surface area contributed by atoms with E-state index < -0.39 is 80.0 Å². The van der Waals surface area contributed by atoms with Crippen LogP contribution in [-0.4, -0.2) is 130 Å². The van der Waals surface area contributed by atoms with E-state index in [4.69, 9.17) is 23.7 Å². The first kappa shape index (κ1) is 42.9. The summed E-state index contributed by atoms with van der Waals surface area (Å²) >= 11 is 0. The van der Waals surface area contributed by atoms with Gasteiger partial charge in [-0.05, 0) is 109 Å². The Morgan fingerprint density at radius 3 is 2.00 bits per heavy atom. The Balaban J connectivity index is 1.15. The lowest BCUT2D eigenvalue weighted by atomic mass is 9.33. The SMILES string of the molecule is COC(=O)[C@]12CCC(C)(C)C[C@H]1C1=CC[C@@H]3[C@@]4(C)CC[C@H](O[C@@H]5O[C@H](CO)[C@@H](O)[C@H](O)[C@H]5O[C@@H]5O[C@H](CO)[C@@H](O)[C@H](O)[C@H]5O)C(C)(C)[C@@H]4CC[C@@]3(C)[C@]1(C)CC2. The molecule has 0 aromatic heterocycles. The van der Waals surface area contributed by atoms with Gasteiger partial charge in [0.25, 0.3) is 0 Å². The largest absolute Gasteiger partial charge is 0.469 e. The highest BCUT2D eigenvalue weighted by Gasteiger charge is 2.70. The molecule has 0 spiro atoms. The average molecular weight is 795 g/mol. The van der Waals surface area contributed by atoms with Gasteiger partial charge in [0, 0.05) is 0 Å². The number of aliphatic hydroxyl groups excluding tert-OH is 7. The van der Waals surface area contributed by atoms with Gasteiger partial charge in [0.2, 0.25) is 0 Å². The number of carbonyl (C=O) groups is 1. The van der Waals surface area contributed by atoms with Crippen LogP contribution in [0.25, 0.3) is 0 Å². The summed E-state index contributed by atoms with van der Waals surface area (Å²) in [5, 5.41) is 73.5. The number of esters is 1. The van der Waals surface area contributed by atoms with Gasteiger partial charge >= 0.3 is 5.97 Å². The maximum atomic E-state index is 13.7. The first-order chi connectivity index (χ1) is 26.2. The van der Waals surface area contributed by atoms with Gasteiger partial charge in [0.05, 0.1) is 31.8 Å². The topological polar surface area (TPSA) is 205 Å². The van der Waals surface area contributed by atoms with Crippen LogP contribution in [0.15, 0.2) is 11.6 Å². The number of aliphatic hydroxyl groups is 7. The number of carbonyl (C=O) groups excluding carboxylic acids is 1. The van der Waals surface area contributed by atoms with E-state index in [-0.39, 0.29) is 51.0 Å². The maximum absolute atomic E-state index is 13.7. The van der Waals surface area contributed by atoms with Gasteiger partial charge in [-0.15, -0.1) is 0 Å². The minimum atomic E-state index is -1.74. The van der Waals surface area contributed by atoms with E-state index in [0.717, 1.165) is 57.8 Å². The van der Waals surface area contributed by atoms with Crippen molar-refractivity contribution in [3.05, 3.63) is 11.6 Å². The van der Waals surface area contributed by atoms with Crippen LogP contribution in [-0.2, 0) is 28.5 Å². The Morgan fingerprint density at radius 2 is 1.36 bits per heavy atom. The molecule has 2 saturated heterocycles. The first-order valence-corrected chi connectivity index (χ1v) is 21.2. The molecule has 320 valence electrons. The van der Waals surface area contributed by atoms with Crippen LogP contribution in [0.3, 0.4) is 0 Å². The highest BCUT2D eigenvalue weighted by atomic mass is 16.8. The summed E-state index contributed by atoms with van der Waals surface area (Å²) in [5.41, 5.74) is 0.718. The van der Waals surface area contributed by atoms with Crippen molar-refractivity contribution in [1.82, 2.24) is 0 Å². The van der Waals surface area contributed by atoms with Gasteiger partial charge in [-0.2, -0.15) is 0 Å². The molecule has 13 heteroatoms. The molecule has 0 unspecified atom stereocenters. The molecule has 18 atom stereocenters. The number of allylic oxidation sites excluding steroid dienone is 2. The third-order valence-electron chi connectivity index (χ3n) is 17.4. The Hall–Kier alpha value is -1.23. The van der Waals surface area contributed by atoms with Crippen molar-refractivity contribution in [2.45, 2.75) is 180 Å². The molecule has 56 heavy (non-hydrogen) atoms. The fourth-order valence-corrected chi connectivity index (χ4v) is 13.8. The number of rotatable bonds is 7. The van der Waals surface area contributed by atoms with E-state index in [9.17, 15) is 40.5 Å². The van der Waals surface area contributed by atoms with Gasteiger partial charge in [-0.3, -0.25) is 4.79 Å². The maximum Gasteiger partial charge on any atom is 0.312 e. The summed E-state index contributed by atoms with van der Waals surface area (Å²) in [4.78, 5) is 13.7. The quantitative estimate of drug-likeness (QED) is 0.113. The highest BCUT2D eigenvalue weighted by Crippen LogP contribution is 2.76. The monoisotopic (exact) mass is 794 g/mol. The van der Waals surface area contributed by atoms with Crippen molar-refractivity contribution in [1.29, 1.82) is 0 Å². The van der Waals surface area contributed by atoms with Crippen molar-refractivity contribution in [3.63, 3.8) is 0 Å². The van der Waals surface area contributed by atoms with Crippen LogP contribution in [0.2, 0.25) is 0 Å². The number of hydrogen-bond acceptors (Lipinski definition) is 13.